The third-order valence-corrected chi connectivity index (χ3v) is 2.29. The minimum absolute atomic E-state index is 0.195. The lowest BCUT2D eigenvalue weighted by Gasteiger charge is -2.02. The van der Waals surface area contributed by atoms with Gasteiger partial charge in [0.1, 0.15) is 11.5 Å². The third-order valence-electron chi connectivity index (χ3n) is 2.29. The number of allylic oxidation sites excluding steroid dienone is 2. The topological polar surface area (TPSA) is 40.5 Å². The van der Waals surface area contributed by atoms with E-state index in [4.69, 9.17) is 0 Å². The molecule has 0 aliphatic heterocycles. The van der Waals surface area contributed by atoms with Crippen LogP contribution in [0.25, 0.3) is 0 Å². The first-order valence-electron chi connectivity index (χ1n) is 4.80. The van der Waals surface area contributed by atoms with Crippen molar-refractivity contribution in [2.24, 2.45) is 0 Å². The van der Waals surface area contributed by atoms with E-state index in [-0.39, 0.29) is 11.5 Å². The molecular formula is C12H16O2. The van der Waals surface area contributed by atoms with Gasteiger partial charge in [-0.25, -0.2) is 0 Å². The van der Waals surface area contributed by atoms with Crippen molar-refractivity contribution in [2.45, 2.75) is 26.7 Å². The lowest BCUT2D eigenvalue weighted by Crippen LogP contribution is -1.84. The van der Waals surface area contributed by atoms with Gasteiger partial charge in [0.05, 0.1) is 0 Å². The molecule has 0 saturated carbocycles. The fourth-order valence-electron chi connectivity index (χ4n) is 1.16. The first-order valence-corrected chi connectivity index (χ1v) is 4.80. The van der Waals surface area contributed by atoms with E-state index in [0.717, 1.165) is 12.0 Å². The molecule has 76 valence electrons. The van der Waals surface area contributed by atoms with E-state index in [1.165, 1.54) is 17.7 Å². The van der Waals surface area contributed by atoms with E-state index < -0.39 is 0 Å². The smallest absolute Gasteiger partial charge is 0.119 e. The van der Waals surface area contributed by atoms with E-state index in [0.29, 0.717) is 6.42 Å². The van der Waals surface area contributed by atoms with Crippen molar-refractivity contribution in [1.29, 1.82) is 0 Å². The number of rotatable bonds is 3. The van der Waals surface area contributed by atoms with Crippen LogP contribution in [-0.4, -0.2) is 10.2 Å². The molecule has 2 heteroatoms. The van der Waals surface area contributed by atoms with E-state index >= 15 is 0 Å². The molecule has 0 heterocycles. The van der Waals surface area contributed by atoms with Crippen molar-refractivity contribution in [1.82, 2.24) is 0 Å². The second kappa shape index (κ2) is 4.70. The van der Waals surface area contributed by atoms with Crippen molar-refractivity contribution >= 4 is 0 Å². The number of benzene rings is 1. The van der Waals surface area contributed by atoms with Gasteiger partial charge in [0, 0.05) is 5.56 Å². The van der Waals surface area contributed by atoms with Crippen LogP contribution in [0.15, 0.2) is 29.8 Å². The lowest BCUT2D eigenvalue weighted by atomic mass is 10.1. The average Bonchev–Trinajstić information content (AvgIpc) is 2.19. The largest absolute Gasteiger partial charge is 0.508 e. The summed E-state index contributed by atoms with van der Waals surface area (Å²) in [6.07, 6.45) is 3.74. The number of phenols is 2. The molecule has 0 bridgehead atoms. The molecule has 0 aliphatic rings. The van der Waals surface area contributed by atoms with Crippen LogP contribution < -0.4 is 0 Å². The van der Waals surface area contributed by atoms with Crippen LogP contribution in [0.1, 0.15) is 25.8 Å². The van der Waals surface area contributed by atoms with Crippen LogP contribution in [0.2, 0.25) is 0 Å². The van der Waals surface area contributed by atoms with Crippen LogP contribution in [0, 0.1) is 0 Å². The molecule has 1 aromatic rings. The van der Waals surface area contributed by atoms with Crippen molar-refractivity contribution in [3.63, 3.8) is 0 Å². The monoisotopic (exact) mass is 192 g/mol. The number of hydrogen-bond donors (Lipinski definition) is 2. The fourth-order valence-corrected chi connectivity index (χ4v) is 1.16. The van der Waals surface area contributed by atoms with Crippen LogP contribution in [0.4, 0.5) is 0 Å². The molecule has 1 aromatic carbocycles. The zero-order chi connectivity index (χ0) is 10.6. The highest BCUT2D eigenvalue weighted by atomic mass is 16.3. The maximum absolute atomic E-state index is 9.48. The summed E-state index contributed by atoms with van der Waals surface area (Å²) in [7, 11) is 0. The second-order valence-electron chi connectivity index (χ2n) is 3.42. The summed E-state index contributed by atoms with van der Waals surface area (Å²) in [6.45, 7) is 4.15. The predicted octanol–water partition coefficient (Wildman–Crippen LogP) is 3.00. The summed E-state index contributed by atoms with van der Waals surface area (Å²) in [4.78, 5) is 0. The quantitative estimate of drug-likeness (QED) is 0.571. The van der Waals surface area contributed by atoms with E-state index in [1.807, 2.05) is 0 Å². The molecule has 0 aromatic heterocycles. The Balaban J connectivity index is 2.81. The van der Waals surface area contributed by atoms with E-state index in [2.05, 4.69) is 19.9 Å². The Hall–Kier alpha value is -1.44. The van der Waals surface area contributed by atoms with Gasteiger partial charge in [-0.05, 0) is 38.0 Å². The summed E-state index contributed by atoms with van der Waals surface area (Å²) in [6, 6.07) is 4.59. The summed E-state index contributed by atoms with van der Waals surface area (Å²) in [5.74, 6) is 0.434. The molecule has 1 rings (SSSR count). The SMILES string of the molecule is CC/C(C)=C/Cc1cc(O)ccc1O. The molecule has 0 radical (unpaired) electrons. The summed E-state index contributed by atoms with van der Waals surface area (Å²) >= 11 is 0. The first-order chi connectivity index (χ1) is 6.63. The van der Waals surface area contributed by atoms with Crippen LogP contribution in [0.5, 0.6) is 11.5 Å². The highest BCUT2D eigenvalue weighted by Gasteiger charge is 2.00. The van der Waals surface area contributed by atoms with Crippen molar-refractivity contribution in [2.75, 3.05) is 0 Å². The fraction of sp³-hybridized carbons (Fsp3) is 0.333. The Labute approximate surface area is 84.5 Å². The molecule has 0 spiro atoms. The van der Waals surface area contributed by atoms with Crippen molar-refractivity contribution < 1.29 is 10.2 Å². The molecule has 0 saturated heterocycles. The molecular weight excluding hydrogens is 176 g/mol. The molecule has 0 aliphatic carbocycles. The van der Waals surface area contributed by atoms with Crippen molar-refractivity contribution in [3.8, 4) is 11.5 Å². The Morgan fingerprint density at radius 1 is 1.36 bits per heavy atom. The zero-order valence-electron chi connectivity index (χ0n) is 8.62. The van der Waals surface area contributed by atoms with E-state index in [9.17, 15) is 10.2 Å². The zero-order valence-corrected chi connectivity index (χ0v) is 8.62. The Morgan fingerprint density at radius 3 is 2.71 bits per heavy atom. The highest BCUT2D eigenvalue weighted by Crippen LogP contribution is 2.23. The predicted molar refractivity (Wildman–Crippen MR) is 57.5 cm³/mol. The van der Waals surface area contributed by atoms with Gasteiger partial charge >= 0.3 is 0 Å². The van der Waals surface area contributed by atoms with Gasteiger partial charge in [0.15, 0.2) is 0 Å². The van der Waals surface area contributed by atoms with Gasteiger partial charge in [-0.3, -0.25) is 0 Å². The highest BCUT2D eigenvalue weighted by molar-refractivity contribution is 5.39. The average molecular weight is 192 g/mol. The van der Waals surface area contributed by atoms with Crippen molar-refractivity contribution in [3.05, 3.63) is 35.4 Å². The van der Waals surface area contributed by atoms with Gasteiger partial charge < -0.3 is 10.2 Å². The normalized spacial score (nSPS) is 11.7. The third kappa shape index (κ3) is 2.80. The number of hydrogen-bond acceptors (Lipinski definition) is 2. The van der Waals surface area contributed by atoms with Gasteiger partial charge in [-0.15, -0.1) is 0 Å². The molecule has 0 unspecified atom stereocenters. The number of aromatic hydroxyl groups is 2. The molecule has 0 atom stereocenters. The summed E-state index contributed by atoms with van der Waals surface area (Å²) in [5.41, 5.74) is 2.05. The standard InChI is InChI=1S/C12H16O2/c1-3-9(2)4-5-10-8-11(13)6-7-12(10)14/h4,6-8,13-14H,3,5H2,1-2H3/b9-4+. The van der Waals surface area contributed by atoms with Crippen LogP contribution in [0.3, 0.4) is 0 Å². The molecule has 0 fully saturated rings. The van der Waals surface area contributed by atoms with Crippen LogP contribution >= 0.6 is 0 Å². The van der Waals surface area contributed by atoms with Gasteiger partial charge in [-0.2, -0.15) is 0 Å². The Bertz CT molecular complexity index is 340. The minimum atomic E-state index is 0.195. The van der Waals surface area contributed by atoms with Gasteiger partial charge in [0.25, 0.3) is 0 Å². The van der Waals surface area contributed by atoms with E-state index in [1.54, 1.807) is 6.07 Å². The molecule has 0 amide bonds. The lowest BCUT2D eigenvalue weighted by molar-refractivity contribution is 0.455. The summed E-state index contributed by atoms with van der Waals surface area (Å²) < 4.78 is 0. The van der Waals surface area contributed by atoms with Gasteiger partial charge in [-0.1, -0.05) is 18.6 Å². The minimum Gasteiger partial charge on any atom is -0.508 e. The maximum Gasteiger partial charge on any atom is 0.119 e. The van der Waals surface area contributed by atoms with Gasteiger partial charge in [0.2, 0.25) is 0 Å². The Morgan fingerprint density at radius 2 is 2.07 bits per heavy atom. The second-order valence-corrected chi connectivity index (χ2v) is 3.42. The molecule has 14 heavy (non-hydrogen) atoms. The number of phenolic OH excluding ortho intramolecular Hbond substituents is 2. The Kier molecular flexibility index (Phi) is 3.57. The first kappa shape index (κ1) is 10.6. The maximum atomic E-state index is 9.48. The summed E-state index contributed by atoms with van der Waals surface area (Å²) in [5, 5.41) is 18.7. The van der Waals surface area contributed by atoms with Crippen LogP contribution in [-0.2, 0) is 6.42 Å². The molecule has 2 nitrogen and oxygen atoms in total. The molecule has 2 N–H and O–H groups in total.